The Morgan fingerprint density at radius 2 is 1.03 bits per heavy atom. The van der Waals surface area contributed by atoms with Crippen molar-refractivity contribution in [2.75, 3.05) is 27.2 Å². The topological polar surface area (TPSA) is 48.0 Å². The van der Waals surface area contributed by atoms with Crippen LogP contribution in [0.5, 0.6) is 0 Å². The summed E-state index contributed by atoms with van der Waals surface area (Å²) in [5.41, 5.74) is 4.63. The second-order valence-electron chi connectivity index (χ2n) is 27.0. The van der Waals surface area contributed by atoms with E-state index in [1.165, 1.54) is 103 Å². The van der Waals surface area contributed by atoms with E-state index in [1.54, 1.807) is 11.1 Å². The molecule has 8 aliphatic carbocycles. The SMILES string of the molecule is CC(C)CCC[C@@H](C)[C@H]1CC[C@H]2[C@@H]3CC=C4CC(OP(=O)(OCCCN(C)C)O[C@H]5CC[C@@]6(C)C(=CC[C@H]7[C@@H]8CC[C@H]([C@H](C)CCCC(C)C)[C@@]8(C)CC[C@@H]76)C5)CC[C@]4(C)[C@H]3CC[C@]12C. The lowest BCUT2D eigenvalue weighted by Gasteiger charge is -2.58. The van der Waals surface area contributed by atoms with Gasteiger partial charge in [-0.2, -0.15) is 0 Å². The molecule has 65 heavy (non-hydrogen) atoms. The Labute approximate surface area is 401 Å². The molecule has 17 atom stereocenters. The van der Waals surface area contributed by atoms with Crippen LogP contribution in [-0.2, 0) is 18.1 Å². The Balaban J connectivity index is 0.910. The van der Waals surface area contributed by atoms with E-state index in [1.807, 2.05) is 0 Å². The average molecular weight is 920 g/mol. The minimum atomic E-state index is -3.79. The molecule has 5 nitrogen and oxygen atoms in total. The predicted molar refractivity (Wildman–Crippen MR) is 273 cm³/mol. The van der Waals surface area contributed by atoms with Crippen molar-refractivity contribution in [3.05, 3.63) is 23.3 Å². The van der Waals surface area contributed by atoms with Gasteiger partial charge >= 0.3 is 7.82 Å². The molecule has 8 rings (SSSR count). The van der Waals surface area contributed by atoms with Crippen LogP contribution in [0.2, 0.25) is 0 Å². The van der Waals surface area contributed by atoms with Crippen molar-refractivity contribution in [1.29, 1.82) is 0 Å². The van der Waals surface area contributed by atoms with E-state index in [9.17, 15) is 0 Å². The van der Waals surface area contributed by atoms with Crippen molar-refractivity contribution >= 4 is 7.82 Å². The van der Waals surface area contributed by atoms with Crippen LogP contribution in [-0.4, -0.2) is 44.4 Å². The molecule has 8 aliphatic rings. The first-order chi connectivity index (χ1) is 30.8. The Morgan fingerprint density at radius 3 is 1.45 bits per heavy atom. The lowest BCUT2D eigenvalue weighted by Crippen LogP contribution is -2.51. The Kier molecular flexibility index (Phi) is 15.9. The highest BCUT2D eigenvalue weighted by Crippen LogP contribution is 2.70. The first-order valence-corrected chi connectivity index (χ1v) is 29.9. The van der Waals surface area contributed by atoms with Crippen molar-refractivity contribution in [2.45, 2.75) is 229 Å². The summed E-state index contributed by atoms with van der Waals surface area (Å²) in [7, 11) is 0.393. The van der Waals surface area contributed by atoms with E-state index in [-0.39, 0.29) is 23.0 Å². The molecular formula is C59H102NO4P. The fraction of sp³-hybridized carbons (Fsp3) is 0.932. The zero-order valence-corrected chi connectivity index (χ0v) is 45.3. The number of allylic oxidation sites excluding steroid dienone is 2. The number of rotatable bonds is 19. The highest BCUT2D eigenvalue weighted by molar-refractivity contribution is 7.48. The van der Waals surface area contributed by atoms with E-state index >= 15 is 4.57 Å². The summed E-state index contributed by atoms with van der Waals surface area (Å²) in [6.07, 6.45) is 33.9. The smallest absolute Gasteiger partial charge is 0.309 e. The van der Waals surface area contributed by atoms with Gasteiger partial charge in [-0.3, -0.25) is 13.6 Å². The van der Waals surface area contributed by atoms with Crippen LogP contribution >= 0.6 is 7.82 Å². The molecule has 6 saturated carbocycles. The number of hydrogen-bond donors (Lipinski definition) is 0. The summed E-state index contributed by atoms with van der Waals surface area (Å²) < 4.78 is 35.1. The van der Waals surface area contributed by atoms with Gasteiger partial charge in [0.15, 0.2) is 0 Å². The third kappa shape index (κ3) is 10.2. The monoisotopic (exact) mass is 920 g/mol. The maximum absolute atomic E-state index is 15.1. The third-order valence-corrected chi connectivity index (χ3v) is 23.7. The van der Waals surface area contributed by atoms with Crippen molar-refractivity contribution in [1.82, 2.24) is 4.90 Å². The zero-order chi connectivity index (χ0) is 46.5. The minimum Gasteiger partial charge on any atom is -0.309 e. The lowest BCUT2D eigenvalue weighted by molar-refractivity contribution is -0.0627. The second kappa shape index (κ2) is 20.3. The summed E-state index contributed by atoms with van der Waals surface area (Å²) >= 11 is 0. The van der Waals surface area contributed by atoms with Crippen molar-refractivity contribution < 1.29 is 18.1 Å². The molecule has 6 heteroatoms. The van der Waals surface area contributed by atoms with Crippen LogP contribution < -0.4 is 0 Å². The quantitative estimate of drug-likeness (QED) is 0.0734. The largest absolute Gasteiger partial charge is 0.475 e. The van der Waals surface area contributed by atoms with Gasteiger partial charge < -0.3 is 4.90 Å². The van der Waals surface area contributed by atoms with Gasteiger partial charge in [-0.05, 0) is 222 Å². The van der Waals surface area contributed by atoms with Gasteiger partial charge in [-0.25, -0.2) is 4.57 Å². The van der Waals surface area contributed by atoms with Gasteiger partial charge in [0.25, 0.3) is 0 Å². The molecule has 0 spiro atoms. The van der Waals surface area contributed by atoms with Gasteiger partial charge in [-0.1, -0.05) is 131 Å². The number of phosphoric acid groups is 1. The summed E-state index contributed by atoms with van der Waals surface area (Å²) in [6, 6.07) is 0. The van der Waals surface area contributed by atoms with Gasteiger partial charge in [0.1, 0.15) is 0 Å². The fourth-order valence-electron chi connectivity index (χ4n) is 18.5. The molecule has 0 heterocycles. The molecule has 0 amide bonds. The molecule has 6 fully saturated rings. The minimum absolute atomic E-state index is 0.116. The van der Waals surface area contributed by atoms with E-state index in [0.29, 0.717) is 17.4 Å². The van der Waals surface area contributed by atoms with Crippen LogP contribution in [0, 0.1) is 92.7 Å². The number of fused-ring (bicyclic) bond motifs is 10. The number of phosphoric ester groups is 1. The highest BCUT2D eigenvalue weighted by atomic mass is 31.2. The van der Waals surface area contributed by atoms with Crippen LogP contribution in [0.3, 0.4) is 0 Å². The summed E-state index contributed by atoms with van der Waals surface area (Å²) in [5.74, 6) is 9.97. The average Bonchev–Trinajstić information content (AvgIpc) is 3.79. The molecule has 0 aromatic heterocycles. The molecule has 0 aromatic rings. The third-order valence-electron chi connectivity index (χ3n) is 22.1. The predicted octanol–water partition coefficient (Wildman–Crippen LogP) is 16.9. The Hall–Kier alpha value is -0.450. The molecular weight excluding hydrogens is 818 g/mol. The normalized spacial score (nSPS) is 43.1. The molecule has 0 saturated heterocycles. The van der Waals surface area contributed by atoms with Crippen LogP contribution in [0.25, 0.3) is 0 Å². The number of hydrogen-bond acceptors (Lipinski definition) is 5. The van der Waals surface area contributed by atoms with Crippen LogP contribution in [0.1, 0.15) is 217 Å². The Bertz CT molecular complexity index is 1610. The van der Waals surface area contributed by atoms with Crippen molar-refractivity contribution in [2.24, 2.45) is 92.7 Å². The molecule has 0 aliphatic heterocycles. The molecule has 0 aromatic carbocycles. The maximum Gasteiger partial charge on any atom is 0.475 e. The van der Waals surface area contributed by atoms with Crippen LogP contribution in [0.4, 0.5) is 0 Å². The standard InChI is InChI=1S/C59H102NO4P/c1-40(2)16-13-18-42(5)50-24-26-52-48-22-20-44-38-46(28-32-56(44,7)54(48)30-34-58(50,52)9)63-65(61,62-37-15-36-60(11)12)64-47-29-33-57(8)45(39-47)21-23-49-53-27-25-51(43(6)19-14-17-41(3)4)59(53,10)35-31-55(49)57/h20-21,40-43,46-55H,13-19,22-39H2,1-12H3/t42-,43-,46+,47?,48+,49+,50-,51-,52+,53+,54+,55+,56+,57+,58-,59-,65?/m1/s1. The van der Waals surface area contributed by atoms with Gasteiger partial charge in [0.2, 0.25) is 0 Å². The second-order valence-corrected chi connectivity index (χ2v) is 28.5. The van der Waals surface area contributed by atoms with Crippen molar-refractivity contribution in [3.63, 3.8) is 0 Å². The maximum atomic E-state index is 15.1. The van der Waals surface area contributed by atoms with E-state index in [2.05, 4.69) is 100 Å². The van der Waals surface area contributed by atoms with Gasteiger partial charge in [-0.15, -0.1) is 0 Å². The van der Waals surface area contributed by atoms with Crippen molar-refractivity contribution in [3.8, 4) is 0 Å². The van der Waals surface area contributed by atoms with E-state index < -0.39 is 7.82 Å². The Morgan fingerprint density at radius 1 is 0.585 bits per heavy atom. The zero-order valence-electron chi connectivity index (χ0n) is 44.4. The first-order valence-electron chi connectivity index (χ1n) is 28.4. The molecule has 2 unspecified atom stereocenters. The summed E-state index contributed by atoms with van der Waals surface area (Å²) in [6.45, 7) is 26.7. The van der Waals surface area contributed by atoms with Crippen LogP contribution in [0.15, 0.2) is 23.3 Å². The fourth-order valence-corrected chi connectivity index (χ4v) is 20.1. The summed E-state index contributed by atoms with van der Waals surface area (Å²) in [4.78, 5) is 2.17. The first kappa shape index (κ1) is 50.9. The molecule has 372 valence electrons. The summed E-state index contributed by atoms with van der Waals surface area (Å²) in [5, 5.41) is 0. The molecule has 0 radical (unpaired) electrons. The lowest BCUT2D eigenvalue weighted by atomic mass is 9.47. The highest BCUT2D eigenvalue weighted by Gasteiger charge is 2.61. The van der Waals surface area contributed by atoms with E-state index in [4.69, 9.17) is 13.6 Å². The molecule has 0 bridgehead atoms. The molecule has 0 N–H and O–H groups in total. The van der Waals surface area contributed by atoms with Gasteiger partial charge in [0, 0.05) is 0 Å². The van der Waals surface area contributed by atoms with Gasteiger partial charge in [0.05, 0.1) is 18.8 Å². The number of nitrogens with zero attached hydrogens (tertiary/aromatic N) is 1. The van der Waals surface area contributed by atoms with E-state index in [0.717, 1.165) is 123 Å².